The molecule has 0 radical (unpaired) electrons. The quantitative estimate of drug-likeness (QED) is 0.689. The normalized spacial score (nSPS) is 15.8. The van der Waals surface area contributed by atoms with Gasteiger partial charge in [-0.15, -0.1) is 0 Å². The molecule has 22 heavy (non-hydrogen) atoms. The molecule has 1 N–H and O–H groups in total. The fourth-order valence-electron chi connectivity index (χ4n) is 2.49. The van der Waals surface area contributed by atoms with Crippen molar-refractivity contribution in [3.63, 3.8) is 0 Å². The number of fused-ring (bicyclic) bond motifs is 1. The Labute approximate surface area is 126 Å². The first-order chi connectivity index (χ1) is 10.4. The Kier molecular flexibility index (Phi) is 3.31. The Morgan fingerprint density at radius 2 is 1.27 bits per heavy atom. The molecule has 1 atom stereocenters. The Bertz CT molecular complexity index is 826. The van der Waals surface area contributed by atoms with Crippen LogP contribution in [0.5, 0.6) is 0 Å². The van der Waals surface area contributed by atoms with Crippen LogP contribution in [0.4, 0.5) is 0 Å². The van der Waals surface area contributed by atoms with Gasteiger partial charge in [0.25, 0.3) is 21.9 Å². The van der Waals surface area contributed by atoms with Crippen LogP contribution >= 0.6 is 0 Å². The second-order valence-corrected chi connectivity index (χ2v) is 6.28. The summed E-state index contributed by atoms with van der Waals surface area (Å²) in [5.74, 6) is -1.49. The van der Waals surface area contributed by atoms with E-state index in [0.29, 0.717) is 4.90 Å². The van der Waals surface area contributed by atoms with Gasteiger partial charge < -0.3 is 0 Å². The minimum absolute atomic E-state index is 0.122. The number of hydrogen-bond donors (Lipinski definition) is 1. The predicted octanol–water partition coefficient (Wildman–Crippen LogP) is 1.87. The van der Waals surface area contributed by atoms with E-state index in [9.17, 15) is 22.6 Å². The van der Waals surface area contributed by atoms with Gasteiger partial charge in [-0.1, -0.05) is 42.5 Å². The number of carbonyl (C=O) groups is 2. The number of carbonyl (C=O) groups excluding carboxylic acids is 2. The number of hydrogen-bond acceptors (Lipinski definition) is 4. The molecule has 6 nitrogen and oxygen atoms in total. The number of amides is 2. The monoisotopic (exact) mass is 317 g/mol. The van der Waals surface area contributed by atoms with E-state index in [1.807, 2.05) is 0 Å². The molecule has 1 unspecified atom stereocenters. The summed E-state index contributed by atoms with van der Waals surface area (Å²) in [6.07, 6.45) is 0. The zero-order valence-electron chi connectivity index (χ0n) is 11.2. The molecular formula is C15H11NO5S. The van der Waals surface area contributed by atoms with Crippen molar-refractivity contribution in [3.05, 3.63) is 71.3 Å². The third kappa shape index (κ3) is 2.20. The van der Waals surface area contributed by atoms with Gasteiger partial charge in [0.1, 0.15) is 0 Å². The molecule has 1 aliphatic heterocycles. The fraction of sp³-hybridized carbons (Fsp3) is 0.0667. The minimum Gasteiger partial charge on any atom is -0.284 e. The van der Waals surface area contributed by atoms with Crippen molar-refractivity contribution in [2.75, 3.05) is 0 Å². The molecule has 0 spiro atoms. The van der Waals surface area contributed by atoms with Gasteiger partial charge in [0.2, 0.25) is 0 Å². The van der Waals surface area contributed by atoms with E-state index in [1.54, 1.807) is 30.3 Å². The summed E-state index contributed by atoms with van der Waals surface area (Å²) >= 11 is 0. The van der Waals surface area contributed by atoms with E-state index in [0.717, 1.165) is 0 Å². The number of nitrogens with zero attached hydrogens (tertiary/aromatic N) is 1. The Balaban J connectivity index is 2.16. The van der Waals surface area contributed by atoms with E-state index in [-0.39, 0.29) is 16.7 Å². The van der Waals surface area contributed by atoms with Crippen LogP contribution in [0.3, 0.4) is 0 Å². The van der Waals surface area contributed by atoms with E-state index in [1.165, 1.54) is 24.3 Å². The standard InChI is InChI=1S/C15H11NO5S/c17-13-11-8-4-5-9-12(11)14(18)16(13)15(22(19,20)21)10-6-2-1-3-7-10/h1-9,15H,(H,19,20,21). The van der Waals surface area contributed by atoms with Gasteiger partial charge >= 0.3 is 0 Å². The molecule has 1 aliphatic rings. The molecular weight excluding hydrogens is 306 g/mol. The largest absolute Gasteiger partial charge is 0.291 e. The van der Waals surface area contributed by atoms with Crippen LogP contribution in [-0.2, 0) is 10.1 Å². The second kappa shape index (κ2) is 5.04. The van der Waals surface area contributed by atoms with Crippen molar-refractivity contribution < 1.29 is 22.6 Å². The molecule has 0 fully saturated rings. The van der Waals surface area contributed by atoms with E-state index in [2.05, 4.69) is 0 Å². The first-order valence-electron chi connectivity index (χ1n) is 6.39. The van der Waals surface area contributed by atoms with Crippen molar-refractivity contribution in [3.8, 4) is 0 Å². The smallest absolute Gasteiger partial charge is 0.284 e. The molecule has 0 saturated carbocycles. The van der Waals surface area contributed by atoms with E-state index < -0.39 is 27.3 Å². The van der Waals surface area contributed by atoms with Gasteiger partial charge in [0.05, 0.1) is 11.1 Å². The third-order valence-corrected chi connectivity index (χ3v) is 4.47. The van der Waals surface area contributed by atoms with Crippen LogP contribution in [0.1, 0.15) is 31.7 Å². The molecule has 0 bridgehead atoms. The van der Waals surface area contributed by atoms with Crippen LogP contribution in [0.25, 0.3) is 0 Å². The zero-order valence-corrected chi connectivity index (χ0v) is 12.0. The lowest BCUT2D eigenvalue weighted by atomic mass is 10.1. The lowest BCUT2D eigenvalue weighted by molar-refractivity contribution is 0.0624. The number of imide groups is 1. The molecule has 1 heterocycles. The molecule has 112 valence electrons. The fourth-order valence-corrected chi connectivity index (χ4v) is 3.45. The molecule has 0 aromatic heterocycles. The van der Waals surface area contributed by atoms with Crippen LogP contribution in [0, 0.1) is 0 Å². The maximum atomic E-state index is 12.4. The Morgan fingerprint density at radius 1 is 0.818 bits per heavy atom. The molecule has 2 amide bonds. The molecule has 7 heteroatoms. The van der Waals surface area contributed by atoms with Crippen molar-refractivity contribution in [2.45, 2.75) is 5.37 Å². The lowest BCUT2D eigenvalue weighted by Crippen LogP contribution is -2.38. The number of benzene rings is 2. The highest BCUT2D eigenvalue weighted by atomic mass is 32.2. The zero-order chi connectivity index (χ0) is 15.9. The van der Waals surface area contributed by atoms with Gasteiger partial charge in [-0.3, -0.25) is 14.1 Å². The molecule has 2 aromatic carbocycles. The Morgan fingerprint density at radius 3 is 1.73 bits per heavy atom. The molecule has 3 rings (SSSR count). The van der Waals surface area contributed by atoms with Gasteiger partial charge in [0.15, 0.2) is 5.37 Å². The summed E-state index contributed by atoms with van der Waals surface area (Å²) in [5, 5.41) is -1.76. The maximum Gasteiger partial charge on any atom is 0.291 e. The topological polar surface area (TPSA) is 91.8 Å². The van der Waals surface area contributed by atoms with Gasteiger partial charge in [-0.05, 0) is 17.7 Å². The van der Waals surface area contributed by atoms with Crippen LogP contribution in [0.2, 0.25) is 0 Å². The average molecular weight is 317 g/mol. The van der Waals surface area contributed by atoms with Crippen molar-refractivity contribution in [2.24, 2.45) is 0 Å². The summed E-state index contributed by atoms with van der Waals surface area (Å²) in [6, 6.07) is 13.7. The molecule has 0 saturated heterocycles. The summed E-state index contributed by atoms with van der Waals surface area (Å²) < 4.78 is 33.1. The summed E-state index contributed by atoms with van der Waals surface area (Å²) in [4.78, 5) is 25.4. The Hall–Kier alpha value is -2.51. The molecule has 0 aliphatic carbocycles. The summed E-state index contributed by atoms with van der Waals surface area (Å²) in [7, 11) is -4.70. The highest BCUT2D eigenvalue weighted by Gasteiger charge is 2.45. The van der Waals surface area contributed by atoms with Crippen molar-refractivity contribution >= 4 is 21.9 Å². The van der Waals surface area contributed by atoms with Crippen molar-refractivity contribution in [1.29, 1.82) is 0 Å². The van der Waals surface area contributed by atoms with Gasteiger partial charge in [0, 0.05) is 0 Å². The first-order valence-corrected chi connectivity index (χ1v) is 7.90. The van der Waals surface area contributed by atoms with Crippen molar-refractivity contribution in [1.82, 2.24) is 4.90 Å². The van der Waals surface area contributed by atoms with Gasteiger partial charge in [-0.25, -0.2) is 4.90 Å². The molecule has 2 aromatic rings. The van der Waals surface area contributed by atoms with Crippen LogP contribution < -0.4 is 0 Å². The summed E-state index contributed by atoms with van der Waals surface area (Å²) in [5.41, 5.74) is 0.383. The predicted molar refractivity (Wildman–Crippen MR) is 77.7 cm³/mol. The third-order valence-electron chi connectivity index (χ3n) is 3.43. The second-order valence-electron chi connectivity index (χ2n) is 4.80. The van der Waals surface area contributed by atoms with Crippen LogP contribution in [-0.4, -0.2) is 29.7 Å². The number of rotatable bonds is 3. The van der Waals surface area contributed by atoms with Gasteiger partial charge in [-0.2, -0.15) is 8.42 Å². The SMILES string of the molecule is O=C1c2ccccc2C(=O)N1C(c1ccccc1)S(=O)(=O)O. The maximum absolute atomic E-state index is 12.4. The van der Waals surface area contributed by atoms with E-state index >= 15 is 0 Å². The lowest BCUT2D eigenvalue weighted by Gasteiger charge is -2.23. The average Bonchev–Trinajstić information content (AvgIpc) is 2.73. The summed E-state index contributed by atoms with van der Waals surface area (Å²) in [6.45, 7) is 0. The minimum atomic E-state index is -4.70. The van der Waals surface area contributed by atoms with E-state index in [4.69, 9.17) is 0 Å². The highest BCUT2D eigenvalue weighted by molar-refractivity contribution is 7.86. The highest BCUT2D eigenvalue weighted by Crippen LogP contribution is 2.34. The van der Waals surface area contributed by atoms with Crippen LogP contribution in [0.15, 0.2) is 54.6 Å². The first kappa shape index (κ1) is 14.4.